The molecule has 20 heavy (non-hydrogen) atoms. The predicted octanol–water partition coefficient (Wildman–Crippen LogP) is 3.91. The van der Waals surface area contributed by atoms with Gasteiger partial charge in [-0.05, 0) is 75.4 Å². The summed E-state index contributed by atoms with van der Waals surface area (Å²) in [6, 6.07) is 0.725. The molecule has 0 aromatic heterocycles. The zero-order valence-electron chi connectivity index (χ0n) is 14.3. The van der Waals surface area contributed by atoms with E-state index in [0.29, 0.717) is 5.41 Å². The molecule has 1 N–H and O–H groups in total. The Labute approximate surface area is 126 Å². The highest BCUT2D eigenvalue weighted by Crippen LogP contribution is 2.41. The van der Waals surface area contributed by atoms with Gasteiger partial charge in [-0.1, -0.05) is 27.7 Å². The molecule has 1 aliphatic heterocycles. The first-order valence-electron chi connectivity index (χ1n) is 8.98. The van der Waals surface area contributed by atoms with Gasteiger partial charge in [0.2, 0.25) is 0 Å². The molecule has 0 spiro atoms. The third kappa shape index (κ3) is 4.21. The molecule has 0 radical (unpaired) electrons. The van der Waals surface area contributed by atoms with E-state index in [-0.39, 0.29) is 0 Å². The van der Waals surface area contributed by atoms with Crippen LogP contribution in [0.1, 0.15) is 66.2 Å². The molecule has 1 aliphatic carbocycles. The fourth-order valence-corrected chi connectivity index (χ4v) is 4.29. The van der Waals surface area contributed by atoms with Gasteiger partial charge in [0, 0.05) is 12.6 Å². The van der Waals surface area contributed by atoms with Crippen molar-refractivity contribution < 1.29 is 0 Å². The van der Waals surface area contributed by atoms with Crippen molar-refractivity contribution in [2.24, 2.45) is 17.3 Å². The smallest absolute Gasteiger partial charge is 0.0159 e. The fourth-order valence-electron chi connectivity index (χ4n) is 4.29. The Morgan fingerprint density at radius 2 is 1.95 bits per heavy atom. The minimum absolute atomic E-state index is 0.485. The Kier molecular flexibility index (Phi) is 5.92. The lowest BCUT2D eigenvalue weighted by Crippen LogP contribution is -2.46. The van der Waals surface area contributed by atoms with Gasteiger partial charge in [0.25, 0.3) is 0 Å². The molecule has 0 aromatic rings. The van der Waals surface area contributed by atoms with Crippen LogP contribution in [-0.2, 0) is 0 Å². The van der Waals surface area contributed by atoms with E-state index in [2.05, 4.69) is 37.9 Å². The van der Waals surface area contributed by atoms with Crippen LogP contribution in [0, 0.1) is 17.3 Å². The van der Waals surface area contributed by atoms with Crippen LogP contribution in [0.15, 0.2) is 0 Å². The van der Waals surface area contributed by atoms with Crippen molar-refractivity contribution in [2.75, 3.05) is 26.2 Å². The lowest BCUT2D eigenvalue weighted by atomic mass is 9.84. The molecule has 2 fully saturated rings. The fraction of sp³-hybridized carbons (Fsp3) is 1.00. The SMILES string of the molecule is CCCNC1C(CN2CCCC(C)CC2)CCC1(C)C. The van der Waals surface area contributed by atoms with E-state index in [0.717, 1.165) is 17.9 Å². The average Bonchev–Trinajstić information content (AvgIpc) is 2.56. The number of nitrogens with zero attached hydrogens (tertiary/aromatic N) is 1. The highest BCUT2D eigenvalue weighted by molar-refractivity contribution is 4.97. The van der Waals surface area contributed by atoms with E-state index < -0.39 is 0 Å². The summed E-state index contributed by atoms with van der Waals surface area (Å²) in [4.78, 5) is 2.76. The van der Waals surface area contributed by atoms with Crippen molar-refractivity contribution in [3.63, 3.8) is 0 Å². The number of rotatable bonds is 5. The van der Waals surface area contributed by atoms with Crippen molar-refractivity contribution in [1.82, 2.24) is 10.2 Å². The van der Waals surface area contributed by atoms with Crippen LogP contribution in [0.5, 0.6) is 0 Å². The van der Waals surface area contributed by atoms with E-state index in [1.54, 1.807) is 0 Å². The van der Waals surface area contributed by atoms with Gasteiger partial charge in [0.1, 0.15) is 0 Å². The summed E-state index contributed by atoms with van der Waals surface area (Å²) in [6.07, 6.45) is 8.31. The van der Waals surface area contributed by atoms with Gasteiger partial charge in [-0.15, -0.1) is 0 Å². The molecular formula is C18H36N2. The van der Waals surface area contributed by atoms with Crippen molar-refractivity contribution in [3.8, 4) is 0 Å². The minimum atomic E-state index is 0.485. The molecule has 2 heteroatoms. The summed E-state index contributed by atoms with van der Waals surface area (Å²) in [5.74, 6) is 1.80. The van der Waals surface area contributed by atoms with E-state index >= 15 is 0 Å². The number of likely N-dealkylation sites (tertiary alicyclic amines) is 1. The van der Waals surface area contributed by atoms with Crippen molar-refractivity contribution in [1.29, 1.82) is 0 Å². The van der Waals surface area contributed by atoms with E-state index in [1.807, 2.05) is 0 Å². The molecule has 0 bridgehead atoms. The molecule has 0 amide bonds. The van der Waals surface area contributed by atoms with Crippen LogP contribution in [0.25, 0.3) is 0 Å². The van der Waals surface area contributed by atoms with Gasteiger partial charge in [-0.2, -0.15) is 0 Å². The standard InChI is InChI=1S/C18H36N2/c1-5-11-19-17-16(8-10-18(17,3)4)14-20-12-6-7-15(2)9-13-20/h15-17,19H,5-14H2,1-4H3. The molecular weight excluding hydrogens is 244 g/mol. The monoisotopic (exact) mass is 280 g/mol. The first-order valence-corrected chi connectivity index (χ1v) is 8.98. The van der Waals surface area contributed by atoms with E-state index in [9.17, 15) is 0 Å². The topological polar surface area (TPSA) is 15.3 Å². The minimum Gasteiger partial charge on any atom is -0.313 e. The molecule has 2 nitrogen and oxygen atoms in total. The average molecular weight is 280 g/mol. The number of hydrogen-bond acceptors (Lipinski definition) is 2. The Morgan fingerprint density at radius 1 is 1.15 bits per heavy atom. The molecule has 2 rings (SSSR count). The Morgan fingerprint density at radius 3 is 2.70 bits per heavy atom. The molecule has 1 saturated heterocycles. The molecule has 3 unspecified atom stereocenters. The lowest BCUT2D eigenvalue weighted by Gasteiger charge is -2.34. The van der Waals surface area contributed by atoms with Crippen molar-refractivity contribution >= 4 is 0 Å². The van der Waals surface area contributed by atoms with Crippen LogP contribution >= 0.6 is 0 Å². The van der Waals surface area contributed by atoms with Gasteiger partial charge < -0.3 is 10.2 Å². The Hall–Kier alpha value is -0.0800. The molecule has 118 valence electrons. The van der Waals surface area contributed by atoms with Gasteiger partial charge >= 0.3 is 0 Å². The van der Waals surface area contributed by atoms with Crippen molar-refractivity contribution in [3.05, 3.63) is 0 Å². The normalized spacial score (nSPS) is 35.1. The summed E-state index contributed by atoms with van der Waals surface area (Å²) in [7, 11) is 0. The van der Waals surface area contributed by atoms with Crippen LogP contribution < -0.4 is 5.32 Å². The largest absolute Gasteiger partial charge is 0.313 e. The summed E-state index contributed by atoms with van der Waals surface area (Å²) < 4.78 is 0. The van der Waals surface area contributed by atoms with Gasteiger partial charge in [-0.25, -0.2) is 0 Å². The quantitative estimate of drug-likeness (QED) is 0.821. The number of nitrogens with one attached hydrogen (secondary N) is 1. The molecule has 0 aromatic carbocycles. The van der Waals surface area contributed by atoms with Gasteiger partial charge in [0.05, 0.1) is 0 Å². The maximum absolute atomic E-state index is 3.86. The summed E-state index contributed by atoms with van der Waals surface area (Å²) in [5, 5.41) is 3.86. The second kappa shape index (κ2) is 7.26. The van der Waals surface area contributed by atoms with Crippen LogP contribution in [0.3, 0.4) is 0 Å². The summed E-state index contributed by atoms with van der Waals surface area (Å²) in [6.45, 7) is 14.8. The first kappa shape index (κ1) is 16.3. The summed E-state index contributed by atoms with van der Waals surface area (Å²) >= 11 is 0. The van der Waals surface area contributed by atoms with Crippen LogP contribution in [0.2, 0.25) is 0 Å². The first-order chi connectivity index (χ1) is 9.53. The van der Waals surface area contributed by atoms with E-state index in [4.69, 9.17) is 0 Å². The Balaban J connectivity index is 1.89. The lowest BCUT2D eigenvalue weighted by molar-refractivity contribution is 0.186. The maximum atomic E-state index is 3.86. The highest BCUT2D eigenvalue weighted by atomic mass is 15.1. The van der Waals surface area contributed by atoms with Crippen molar-refractivity contribution in [2.45, 2.75) is 72.3 Å². The third-order valence-corrected chi connectivity index (χ3v) is 5.69. The number of hydrogen-bond donors (Lipinski definition) is 1. The molecule has 1 saturated carbocycles. The predicted molar refractivity (Wildman–Crippen MR) is 88.0 cm³/mol. The summed E-state index contributed by atoms with van der Waals surface area (Å²) in [5.41, 5.74) is 0.485. The zero-order valence-corrected chi connectivity index (χ0v) is 14.3. The highest BCUT2D eigenvalue weighted by Gasteiger charge is 2.41. The molecule has 3 atom stereocenters. The molecule has 2 aliphatic rings. The van der Waals surface area contributed by atoms with Crippen LogP contribution in [-0.4, -0.2) is 37.1 Å². The second-order valence-corrected chi connectivity index (χ2v) is 8.06. The Bertz CT molecular complexity index is 287. The third-order valence-electron chi connectivity index (χ3n) is 5.69. The van der Waals surface area contributed by atoms with Gasteiger partial charge in [-0.3, -0.25) is 0 Å². The van der Waals surface area contributed by atoms with E-state index in [1.165, 1.54) is 64.7 Å². The van der Waals surface area contributed by atoms with Crippen LogP contribution in [0.4, 0.5) is 0 Å². The zero-order chi connectivity index (χ0) is 14.6. The maximum Gasteiger partial charge on any atom is 0.0159 e. The molecule has 1 heterocycles. The van der Waals surface area contributed by atoms with Gasteiger partial charge in [0.15, 0.2) is 0 Å². The second-order valence-electron chi connectivity index (χ2n) is 8.06.